The lowest BCUT2D eigenvalue weighted by atomic mass is 9.69. The van der Waals surface area contributed by atoms with Crippen molar-refractivity contribution < 1.29 is 0 Å². The number of nitrogens with one attached hydrogen (secondary N) is 1. The molecule has 1 heteroatoms. The Kier molecular flexibility index (Phi) is 2.53. The maximum atomic E-state index is 3.93. The molecule has 0 spiro atoms. The molecule has 14 heavy (non-hydrogen) atoms. The molecule has 0 aromatic heterocycles. The van der Waals surface area contributed by atoms with Gasteiger partial charge in [0.1, 0.15) is 0 Å². The van der Waals surface area contributed by atoms with Gasteiger partial charge in [-0.3, -0.25) is 0 Å². The van der Waals surface area contributed by atoms with Gasteiger partial charge < -0.3 is 5.32 Å². The predicted octanol–water partition coefficient (Wildman–Crippen LogP) is 2.91. The van der Waals surface area contributed by atoms with Gasteiger partial charge >= 0.3 is 0 Å². The molecular formula is C13H22N. The van der Waals surface area contributed by atoms with Crippen molar-refractivity contribution in [3.63, 3.8) is 0 Å². The fraction of sp³-hybridized carbons (Fsp3) is 0.923. The lowest BCUT2D eigenvalue weighted by Crippen LogP contribution is -2.54. The molecule has 0 aromatic rings. The first-order valence-corrected chi connectivity index (χ1v) is 6.53. The molecule has 1 saturated heterocycles. The molecule has 2 aliphatic carbocycles. The Morgan fingerprint density at radius 2 is 1.79 bits per heavy atom. The van der Waals surface area contributed by atoms with E-state index in [0.717, 1.165) is 23.9 Å². The van der Waals surface area contributed by atoms with E-state index in [4.69, 9.17) is 0 Å². The highest BCUT2D eigenvalue weighted by atomic mass is 15.0. The molecule has 79 valence electrons. The molecule has 0 aromatic carbocycles. The first-order chi connectivity index (χ1) is 6.93. The molecule has 0 amide bonds. The quantitative estimate of drug-likeness (QED) is 0.622. The summed E-state index contributed by atoms with van der Waals surface area (Å²) in [5.41, 5.74) is 0. The molecule has 1 aliphatic heterocycles. The second-order valence-corrected chi connectivity index (χ2v) is 5.49. The van der Waals surface area contributed by atoms with Gasteiger partial charge in [-0.1, -0.05) is 19.3 Å². The van der Waals surface area contributed by atoms with Gasteiger partial charge in [0.15, 0.2) is 0 Å². The topological polar surface area (TPSA) is 12.0 Å². The summed E-state index contributed by atoms with van der Waals surface area (Å²) in [6.45, 7) is 0. The van der Waals surface area contributed by atoms with E-state index in [-0.39, 0.29) is 0 Å². The van der Waals surface area contributed by atoms with Crippen LogP contribution >= 0.6 is 0 Å². The molecule has 1 N–H and O–H groups in total. The van der Waals surface area contributed by atoms with Crippen LogP contribution in [0.5, 0.6) is 0 Å². The molecule has 4 unspecified atom stereocenters. The Hall–Kier alpha value is -0.0400. The summed E-state index contributed by atoms with van der Waals surface area (Å²) in [6.07, 6.45) is 14.2. The predicted molar refractivity (Wildman–Crippen MR) is 58.9 cm³/mol. The van der Waals surface area contributed by atoms with E-state index in [0.29, 0.717) is 0 Å². The fourth-order valence-electron chi connectivity index (χ4n) is 3.85. The number of piperidine rings is 1. The number of rotatable bonds is 0. The smallest absolute Gasteiger partial charge is 0.0101 e. The van der Waals surface area contributed by atoms with Crippen molar-refractivity contribution in [2.75, 3.05) is 0 Å². The van der Waals surface area contributed by atoms with Crippen LogP contribution in [0, 0.1) is 18.3 Å². The zero-order valence-corrected chi connectivity index (χ0v) is 9.04. The van der Waals surface area contributed by atoms with Crippen LogP contribution in [0.25, 0.3) is 0 Å². The lowest BCUT2D eigenvalue weighted by Gasteiger charge is -2.46. The third-order valence-corrected chi connectivity index (χ3v) is 4.62. The first kappa shape index (κ1) is 9.21. The maximum absolute atomic E-state index is 3.93. The molecule has 2 saturated carbocycles. The highest BCUT2D eigenvalue weighted by Crippen LogP contribution is 2.39. The SMILES string of the molecule is [CH]1CCCC2NC3CCCCC3CC12. The molecular weight excluding hydrogens is 170 g/mol. The second kappa shape index (κ2) is 3.84. The van der Waals surface area contributed by atoms with Crippen LogP contribution < -0.4 is 5.32 Å². The van der Waals surface area contributed by atoms with Gasteiger partial charge in [-0.15, -0.1) is 0 Å². The van der Waals surface area contributed by atoms with E-state index >= 15 is 0 Å². The molecule has 3 aliphatic rings. The Balaban J connectivity index is 1.68. The van der Waals surface area contributed by atoms with Gasteiger partial charge in [0.25, 0.3) is 0 Å². The number of fused-ring (bicyclic) bond motifs is 2. The van der Waals surface area contributed by atoms with Gasteiger partial charge in [-0.2, -0.15) is 0 Å². The van der Waals surface area contributed by atoms with Crippen molar-refractivity contribution in [3.8, 4) is 0 Å². The van der Waals surface area contributed by atoms with Crippen molar-refractivity contribution in [2.45, 2.75) is 63.5 Å². The minimum atomic E-state index is 0.850. The normalized spacial score (nSPS) is 48.0. The van der Waals surface area contributed by atoms with E-state index in [9.17, 15) is 0 Å². The number of hydrogen-bond donors (Lipinski definition) is 1. The average molecular weight is 192 g/mol. The molecule has 1 nitrogen and oxygen atoms in total. The standard InChI is InChI=1S/C13H22N/c1-3-7-12-10(5-1)9-11-6-2-4-8-13(11)14-12/h5,10-14H,1-4,6-9H2. The second-order valence-electron chi connectivity index (χ2n) is 5.49. The largest absolute Gasteiger partial charge is 0.311 e. The van der Waals surface area contributed by atoms with Crippen molar-refractivity contribution >= 4 is 0 Å². The van der Waals surface area contributed by atoms with Crippen LogP contribution in [0.15, 0.2) is 0 Å². The first-order valence-electron chi connectivity index (χ1n) is 6.53. The van der Waals surface area contributed by atoms with Crippen LogP contribution in [0.2, 0.25) is 0 Å². The number of hydrogen-bond acceptors (Lipinski definition) is 1. The van der Waals surface area contributed by atoms with Gasteiger partial charge in [0, 0.05) is 12.1 Å². The van der Waals surface area contributed by atoms with E-state index < -0.39 is 0 Å². The maximum Gasteiger partial charge on any atom is 0.0101 e. The Morgan fingerprint density at radius 1 is 0.929 bits per heavy atom. The van der Waals surface area contributed by atoms with Gasteiger partial charge in [-0.25, -0.2) is 0 Å². The van der Waals surface area contributed by atoms with Crippen LogP contribution in [-0.4, -0.2) is 12.1 Å². The summed E-state index contributed by atoms with van der Waals surface area (Å²) in [6, 6.07) is 1.74. The summed E-state index contributed by atoms with van der Waals surface area (Å²) >= 11 is 0. The van der Waals surface area contributed by atoms with Crippen molar-refractivity contribution in [1.29, 1.82) is 0 Å². The molecule has 1 heterocycles. The zero-order chi connectivity index (χ0) is 9.38. The summed E-state index contributed by atoms with van der Waals surface area (Å²) in [5.74, 6) is 1.93. The van der Waals surface area contributed by atoms with E-state index in [2.05, 4.69) is 11.7 Å². The lowest BCUT2D eigenvalue weighted by molar-refractivity contribution is 0.120. The fourth-order valence-corrected chi connectivity index (χ4v) is 3.85. The molecule has 0 bridgehead atoms. The zero-order valence-electron chi connectivity index (χ0n) is 9.04. The minimum absolute atomic E-state index is 0.850. The Labute approximate surface area is 87.7 Å². The Morgan fingerprint density at radius 3 is 2.79 bits per heavy atom. The van der Waals surface area contributed by atoms with Crippen LogP contribution in [-0.2, 0) is 0 Å². The van der Waals surface area contributed by atoms with Crippen LogP contribution in [0.4, 0.5) is 0 Å². The molecule has 4 atom stereocenters. The van der Waals surface area contributed by atoms with E-state index in [1.165, 1.54) is 51.4 Å². The highest BCUT2D eigenvalue weighted by Gasteiger charge is 2.38. The minimum Gasteiger partial charge on any atom is -0.311 e. The van der Waals surface area contributed by atoms with E-state index in [1.54, 1.807) is 0 Å². The molecule has 1 radical (unpaired) electrons. The molecule has 3 rings (SSSR count). The Bertz CT molecular complexity index is 159. The summed E-state index contributed by atoms with van der Waals surface area (Å²) in [5, 5.41) is 3.93. The van der Waals surface area contributed by atoms with Gasteiger partial charge in [0.2, 0.25) is 0 Å². The van der Waals surface area contributed by atoms with Crippen molar-refractivity contribution in [1.82, 2.24) is 5.32 Å². The third-order valence-electron chi connectivity index (χ3n) is 4.62. The van der Waals surface area contributed by atoms with Gasteiger partial charge in [-0.05, 0) is 50.4 Å². The average Bonchev–Trinajstić information content (AvgIpc) is 2.26. The summed E-state index contributed by atoms with van der Waals surface area (Å²) in [4.78, 5) is 0. The summed E-state index contributed by atoms with van der Waals surface area (Å²) < 4.78 is 0. The third kappa shape index (κ3) is 1.60. The summed E-state index contributed by atoms with van der Waals surface area (Å²) in [7, 11) is 0. The molecule has 3 fully saturated rings. The highest BCUT2D eigenvalue weighted by molar-refractivity contribution is 5.00. The van der Waals surface area contributed by atoms with Crippen LogP contribution in [0.3, 0.4) is 0 Å². The van der Waals surface area contributed by atoms with Gasteiger partial charge in [0.05, 0.1) is 0 Å². The van der Waals surface area contributed by atoms with Crippen LogP contribution in [0.1, 0.15) is 51.4 Å². The van der Waals surface area contributed by atoms with Crippen molar-refractivity contribution in [3.05, 3.63) is 6.42 Å². The monoisotopic (exact) mass is 192 g/mol. The van der Waals surface area contributed by atoms with E-state index in [1.807, 2.05) is 0 Å². The van der Waals surface area contributed by atoms with Crippen molar-refractivity contribution in [2.24, 2.45) is 11.8 Å².